The summed E-state index contributed by atoms with van der Waals surface area (Å²) < 4.78 is 0.869. The molecule has 3 heterocycles. The van der Waals surface area contributed by atoms with Gasteiger partial charge in [0.15, 0.2) is 5.43 Å². The molecule has 0 spiro atoms. The van der Waals surface area contributed by atoms with Gasteiger partial charge in [0, 0.05) is 47.1 Å². The van der Waals surface area contributed by atoms with Crippen LogP contribution in [-0.4, -0.2) is 0 Å². The highest BCUT2D eigenvalue weighted by atomic mass is 35.5. The van der Waals surface area contributed by atoms with Crippen molar-refractivity contribution in [1.82, 2.24) is 0 Å². The molecule has 174 valence electrons. The molecule has 6 heteroatoms. The fourth-order valence-corrected chi connectivity index (χ4v) is 9.11. The maximum absolute atomic E-state index is 13.4. The lowest BCUT2D eigenvalue weighted by Gasteiger charge is -2.21. The first-order valence-electron chi connectivity index (χ1n) is 11.8. The summed E-state index contributed by atoms with van der Waals surface area (Å²) >= 11 is 11.7. The Bertz CT molecular complexity index is 1480. The van der Waals surface area contributed by atoms with Gasteiger partial charge in [0.25, 0.3) is 0 Å². The van der Waals surface area contributed by atoms with Crippen molar-refractivity contribution < 1.29 is 0 Å². The van der Waals surface area contributed by atoms with Crippen molar-refractivity contribution in [1.29, 1.82) is 0 Å². The second kappa shape index (κ2) is 8.63. The average Bonchev–Trinajstić information content (AvgIpc) is 3.52. The smallest absolute Gasteiger partial charge is 0.191 e. The standard InChI is InChI=1S/C28H26ClNOS3/c1-14-20(18-4-3-5-19(18)21-13-27(29)33-15(21)2)12-26(32-14)16-6-8-24-22(10-16)28(31)23-11-17(30)7-9-25(23)34-24/h6,8,11-13,16H,3-5,7,9-10,30H2,1-2H3. The SMILES string of the molecule is Cc1sc(Cl)cc1C1=C(c2cc(C3C=Cc4sc5c(c(=O)c4C3)C=C(N)CC5)sc2C)CCC1. The van der Waals surface area contributed by atoms with E-state index in [4.69, 9.17) is 17.3 Å². The summed E-state index contributed by atoms with van der Waals surface area (Å²) in [6, 6.07) is 4.54. The van der Waals surface area contributed by atoms with Crippen LogP contribution in [0, 0.1) is 13.8 Å². The van der Waals surface area contributed by atoms with Gasteiger partial charge >= 0.3 is 0 Å². The fourth-order valence-electron chi connectivity index (χ4n) is 5.58. The second-order valence-corrected chi connectivity index (χ2v) is 13.8. The summed E-state index contributed by atoms with van der Waals surface area (Å²) in [7, 11) is 0. The first-order chi connectivity index (χ1) is 16.4. The lowest BCUT2D eigenvalue weighted by atomic mass is 9.90. The summed E-state index contributed by atoms with van der Waals surface area (Å²) in [5, 5.41) is 0. The number of aryl methyl sites for hydroxylation is 3. The predicted molar refractivity (Wildman–Crippen MR) is 150 cm³/mol. The van der Waals surface area contributed by atoms with Crippen LogP contribution in [-0.2, 0) is 12.8 Å². The maximum atomic E-state index is 13.4. The maximum Gasteiger partial charge on any atom is 0.191 e. The van der Waals surface area contributed by atoms with E-state index in [-0.39, 0.29) is 11.3 Å². The van der Waals surface area contributed by atoms with Gasteiger partial charge in [-0.25, -0.2) is 0 Å². The van der Waals surface area contributed by atoms with E-state index in [0.29, 0.717) is 0 Å². The molecule has 0 saturated heterocycles. The quantitative estimate of drug-likeness (QED) is 0.376. The molecule has 2 N–H and O–H groups in total. The highest BCUT2D eigenvalue weighted by Crippen LogP contribution is 2.47. The number of fused-ring (bicyclic) bond motifs is 2. The number of thiophene rings is 2. The zero-order chi connectivity index (χ0) is 23.6. The van der Waals surface area contributed by atoms with Crippen molar-refractivity contribution in [3.63, 3.8) is 0 Å². The minimum absolute atomic E-state index is 0.180. The van der Waals surface area contributed by atoms with Crippen molar-refractivity contribution in [3.05, 3.63) is 85.1 Å². The van der Waals surface area contributed by atoms with Gasteiger partial charge in [0.1, 0.15) is 0 Å². The molecular weight excluding hydrogens is 498 g/mol. The van der Waals surface area contributed by atoms with Crippen LogP contribution in [0.15, 0.2) is 28.7 Å². The van der Waals surface area contributed by atoms with Crippen LogP contribution >= 0.6 is 45.6 Å². The summed E-state index contributed by atoms with van der Waals surface area (Å²) in [5.41, 5.74) is 14.5. The molecule has 0 aromatic carbocycles. The van der Waals surface area contributed by atoms with E-state index in [1.165, 1.54) is 48.2 Å². The minimum atomic E-state index is 0.180. The number of halogens is 1. The molecule has 1 unspecified atom stereocenters. The van der Waals surface area contributed by atoms with Crippen molar-refractivity contribution in [2.24, 2.45) is 5.73 Å². The minimum Gasteiger partial charge on any atom is -0.402 e. The number of hydrogen-bond donors (Lipinski definition) is 1. The summed E-state index contributed by atoms with van der Waals surface area (Å²) in [6.45, 7) is 4.42. The molecular formula is C28H26ClNOS3. The predicted octanol–water partition coefficient (Wildman–Crippen LogP) is 8.20. The molecule has 0 fully saturated rings. The number of rotatable bonds is 3. The molecule has 0 bridgehead atoms. The summed E-state index contributed by atoms with van der Waals surface area (Å²) in [6.07, 6.45) is 12.3. The molecule has 0 radical (unpaired) electrons. The molecule has 3 aromatic heterocycles. The van der Waals surface area contributed by atoms with Crippen LogP contribution in [0.3, 0.4) is 0 Å². The van der Waals surface area contributed by atoms with Gasteiger partial charge in [-0.2, -0.15) is 0 Å². The average molecular weight is 524 g/mol. The Kier molecular flexibility index (Phi) is 5.72. The molecule has 3 aliphatic rings. The zero-order valence-corrected chi connectivity index (χ0v) is 22.5. The summed E-state index contributed by atoms with van der Waals surface area (Å²) in [4.78, 5) is 19.7. The Morgan fingerprint density at radius 2 is 1.71 bits per heavy atom. The topological polar surface area (TPSA) is 43.1 Å². The van der Waals surface area contributed by atoms with Crippen LogP contribution in [0.25, 0.3) is 23.3 Å². The highest BCUT2D eigenvalue weighted by Gasteiger charge is 2.27. The number of nitrogens with two attached hydrogens (primary N) is 1. The Morgan fingerprint density at radius 1 is 0.971 bits per heavy atom. The molecule has 3 aromatic rings. The monoisotopic (exact) mass is 523 g/mol. The third-order valence-electron chi connectivity index (χ3n) is 7.28. The van der Waals surface area contributed by atoms with Crippen molar-refractivity contribution >= 4 is 68.9 Å². The van der Waals surface area contributed by atoms with Crippen molar-refractivity contribution in [2.45, 2.75) is 58.3 Å². The van der Waals surface area contributed by atoms with Gasteiger partial charge in [0.05, 0.1) is 4.34 Å². The lowest BCUT2D eigenvalue weighted by Crippen LogP contribution is -2.21. The highest BCUT2D eigenvalue weighted by molar-refractivity contribution is 7.16. The molecule has 6 rings (SSSR count). The van der Waals surface area contributed by atoms with E-state index in [2.05, 4.69) is 38.1 Å². The van der Waals surface area contributed by atoms with E-state index in [9.17, 15) is 4.79 Å². The van der Waals surface area contributed by atoms with Gasteiger partial charge < -0.3 is 5.73 Å². The van der Waals surface area contributed by atoms with Gasteiger partial charge in [-0.15, -0.1) is 34.0 Å². The Balaban J connectivity index is 1.37. The lowest BCUT2D eigenvalue weighted by molar-refractivity contribution is 0.838. The number of allylic oxidation sites excluding steroid dienone is 4. The normalized spacial score (nSPS) is 19.4. The first kappa shape index (κ1) is 22.5. The van der Waals surface area contributed by atoms with Crippen molar-refractivity contribution in [2.75, 3.05) is 0 Å². The molecule has 0 amide bonds. The van der Waals surface area contributed by atoms with Crippen molar-refractivity contribution in [3.8, 4) is 0 Å². The summed E-state index contributed by atoms with van der Waals surface area (Å²) in [5.74, 6) is 0.246. The third-order valence-corrected chi connectivity index (χ3v) is 10.9. The van der Waals surface area contributed by atoms with E-state index in [1.807, 2.05) is 17.4 Å². The molecule has 1 atom stereocenters. The van der Waals surface area contributed by atoms with Gasteiger partial charge in [-0.1, -0.05) is 17.7 Å². The largest absolute Gasteiger partial charge is 0.402 e. The van der Waals surface area contributed by atoms with Crippen LogP contribution in [0.5, 0.6) is 0 Å². The Hall–Kier alpha value is -1.92. The Morgan fingerprint density at radius 3 is 2.44 bits per heavy atom. The van der Waals surface area contributed by atoms with Gasteiger partial charge in [-0.05, 0) is 98.9 Å². The molecule has 3 aliphatic carbocycles. The Labute approximate surface area is 217 Å². The van der Waals surface area contributed by atoms with Crippen LogP contribution in [0.4, 0.5) is 0 Å². The third kappa shape index (κ3) is 3.78. The van der Waals surface area contributed by atoms with E-state index >= 15 is 0 Å². The molecule has 34 heavy (non-hydrogen) atoms. The fraction of sp³-hybridized carbons (Fsp3) is 0.321. The van der Waals surface area contributed by atoms with Crippen LogP contribution in [0.2, 0.25) is 4.34 Å². The van der Waals surface area contributed by atoms with E-state index in [1.54, 1.807) is 22.7 Å². The number of hydrogen-bond acceptors (Lipinski definition) is 5. The van der Waals surface area contributed by atoms with E-state index in [0.717, 1.165) is 58.1 Å². The van der Waals surface area contributed by atoms with Crippen LogP contribution < -0.4 is 11.2 Å². The van der Waals surface area contributed by atoms with Gasteiger partial charge in [0.2, 0.25) is 0 Å². The van der Waals surface area contributed by atoms with E-state index < -0.39 is 0 Å². The molecule has 0 aliphatic heterocycles. The van der Waals surface area contributed by atoms with Gasteiger partial charge in [-0.3, -0.25) is 4.79 Å². The van der Waals surface area contributed by atoms with Crippen LogP contribution in [0.1, 0.15) is 78.2 Å². The molecule has 2 nitrogen and oxygen atoms in total. The molecule has 0 saturated carbocycles. The first-order valence-corrected chi connectivity index (χ1v) is 14.6. The zero-order valence-electron chi connectivity index (χ0n) is 19.3. The second-order valence-electron chi connectivity index (χ2n) is 9.45.